The molecule has 1 aromatic rings. The van der Waals surface area contributed by atoms with Gasteiger partial charge in [-0.15, -0.1) is 0 Å². The first-order valence-corrected chi connectivity index (χ1v) is 7.49. The summed E-state index contributed by atoms with van der Waals surface area (Å²) in [5.41, 5.74) is 1.21. The SMILES string of the molecule is CC(=O)O[C@@H](C(C)C)[C@@H](O)[C@@H](O)CCCc1ccccc1. The summed E-state index contributed by atoms with van der Waals surface area (Å²) in [5.74, 6) is -0.489. The van der Waals surface area contributed by atoms with E-state index >= 15 is 0 Å². The highest BCUT2D eigenvalue weighted by Gasteiger charge is 2.30. The van der Waals surface area contributed by atoms with Crippen molar-refractivity contribution in [1.29, 1.82) is 0 Å². The summed E-state index contributed by atoms with van der Waals surface area (Å²) < 4.78 is 5.11. The number of benzene rings is 1. The Morgan fingerprint density at radius 2 is 1.81 bits per heavy atom. The highest BCUT2D eigenvalue weighted by molar-refractivity contribution is 5.66. The van der Waals surface area contributed by atoms with Crippen LogP contribution in [-0.2, 0) is 16.0 Å². The fourth-order valence-corrected chi connectivity index (χ4v) is 2.34. The van der Waals surface area contributed by atoms with Gasteiger partial charge in [0.1, 0.15) is 12.2 Å². The molecular formula is C17H26O4. The quantitative estimate of drug-likeness (QED) is 0.722. The summed E-state index contributed by atoms with van der Waals surface area (Å²) in [6.07, 6.45) is -0.516. The van der Waals surface area contributed by atoms with Crippen LogP contribution in [0.1, 0.15) is 39.2 Å². The number of hydrogen-bond acceptors (Lipinski definition) is 4. The third kappa shape index (κ3) is 6.27. The molecule has 0 amide bonds. The van der Waals surface area contributed by atoms with Crippen LogP contribution in [0, 0.1) is 5.92 Å². The number of carbonyl (C=O) groups is 1. The number of ether oxygens (including phenoxy) is 1. The molecule has 21 heavy (non-hydrogen) atoms. The largest absolute Gasteiger partial charge is 0.459 e. The first-order valence-electron chi connectivity index (χ1n) is 7.49. The average Bonchev–Trinajstić information content (AvgIpc) is 2.44. The van der Waals surface area contributed by atoms with Gasteiger partial charge in [0.25, 0.3) is 0 Å². The first kappa shape index (κ1) is 17.7. The normalized spacial score (nSPS) is 15.5. The Hall–Kier alpha value is -1.39. The predicted octanol–water partition coefficient (Wildman–Crippen LogP) is 2.32. The second kappa shape index (κ2) is 8.80. The van der Waals surface area contributed by atoms with Gasteiger partial charge >= 0.3 is 5.97 Å². The Morgan fingerprint density at radius 3 is 2.33 bits per heavy atom. The lowest BCUT2D eigenvalue weighted by Crippen LogP contribution is -2.43. The fourth-order valence-electron chi connectivity index (χ4n) is 2.34. The maximum Gasteiger partial charge on any atom is 0.303 e. The molecule has 0 saturated carbocycles. The molecule has 4 nitrogen and oxygen atoms in total. The van der Waals surface area contributed by atoms with Crippen LogP contribution < -0.4 is 0 Å². The number of esters is 1. The van der Waals surface area contributed by atoms with Crippen LogP contribution in [0.3, 0.4) is 0 Å². The lowest BCUT2D eigenvalue weighted by atomic mass is 9.94. The zero-order valence-electron chi connectivity index (χ0n) is 13.0. The third-order valence-corrected chi connectivity index (χ3v) is 3.50. The Bertz CT molecular complexity index is 416. The molecule has 4 heteroatoms. The summed E-state index contributed by atoms with van der Waals surface area (Å²) >= 11 is 0. The molecule has 1 rings (SSSR count). The first-order chi connectivity index (χ1) is 9.91. The lowest BCUT2D eigenvalue weighted by molar-refractivity contribution is -0.162. The summed E-state index contributed by atoms with van der Waals surface area (Å²) in [6, 6.07) is 10.0. The van der Waals surface area contributed by atoms with Crippen molar-refractivity contribution in [2.75, 3.05) is 0 Å². The van der Waals surface area contributed by atoms with Crippen LogP contribution in [-0.4, -0.2) is 34.5 Å². The van der Waals surface area contributed by atoms with Crippen LogP contribution in [0.5, 0.6) is 0 Å². The Morgan fingerprint density at radius 1 is 1.19 bits per heavy atom. The van der Waals surface area contributed by atoms with Gasteiger partial charge in [-0.1, -0.05) is 44.2 Å². The van der Waals surface area contributed by atoms with Gasteiger partial charge < -0.3 is 14.9 Å². The molecule has 0 aromatic heterocycles. The van der Waals surface area contributed by atoms with Crippen molar-refractivity contribution in [2.45, 2.75) is 58.3 Å². The zero-order chi connectivity index (χ0) is 15.8. The molecule has 118 valence electrons. The number of carbonyl (C=O) groups excluding carboxylic acids is 1. The maximum absolute atomic E-state index is 11.1. The summed E-state index contributed by atoms with van der Waals surface area (Å²) in [4.78, 5) is 11.1. The molecular weight excluding hydrogens is 268 g/mol. The summed E-state index contributed by atoms with van der Waals surface area (Å²) in [7, 11) is 0. The van der Waals surface area contributed by atoms with Gasteiger partial charge in [-0.2, -0.15) is 0 Å². The van der Waals surface area contributed by atoms with Gasteiger partial charge in [0.15, 0.2) is 0 Å². The molecule has 0 fully saturated rings. The highest BCUT2D eigenvalue weighted by atomic mass is 16.6. The summed E-state index contributed by atoms with van der Waals surface area (Å²) in [5, 5.41) is 20.3. The second-order valence-corrected chi connectivity index (χ2v) is 5.75. The van der Waals surface area contributed by atoms with E-state index in [1.807, 2.05) is 44.2 Å². The van der Waals surface area contributed by atoms with Gasteiger partial charge in [0.05, 0.1) is 6.10 Å². The molecule has 0 aliphatic rings. The number of aliphatic hydroxyl groups is 2. The zero-order valence-corrected chi connectivity index (χ0v) is 13.0. The number of aliphatic hydroxyl groups excluding tert-OH is 2. The van der Waals surface area contributed by atoms with Crippen LogP contribution in [0.2, 0.25) is 0 Å². The van der Waals surface area contributed by atoms with Crippen LogP contribution >= 0.6 is 0 Å². The molecule has 0 bridgehead atoms. The van der Waals surface area contributed by atoms with Gasteiger partial charge in [-0.05, 0) is 30.7 Å². The number of hydrogen-bond donors (Lipinski definition) is 2. The smallest absolute Gasteiger partial charge is 0.303 e. The summed E-state index contributed by atoms with van der Waals surface area (Å²) in [6.45, 7) is 5.02. The van der Waals surface area contributed by atoms with Crippen molar-refractivity contribution in [3.63, 3.8) is 0 Å². The Labute approximate surface area is 126 Å². The lowest BCUT2D eigenvalue weighted by Gasteiger charge is -2.29. The fraction of sp³-hybridized carbons (Fsp3) is 0.588. The van der Waals surface area contributed by atoms with E-state index in [1.54, 1.807) is 0 Å². The molecule has 0 saturated heterocycles. The van der Waals surface area contributed by atoms with Crippen LogP contribution in [0.25, 0.3) is 0 Å². The molecule has 0 radical (unpaired) electrons. The van der Waals surface area contributed by atoms with Gasteiger partial charge in [-0.25, -0.2) is 0 Å². The van der Waals surface area contributed by atoms with E-state index in [0.29, 0.717) is 6.42 Å². The van der Waals surface area contributed by atoms with Crippen molar-refractivity contribution < 1.29 is 19.7 Å². The highest BCUT2D eigenvalue weighted by Crippen LogP contribution is 2.18. The molecule has 0 aliphatic heterocycles. The van der Waals surface area contributed by atoms with E-state index in [2.05, 4.69) is 0 Å². The van der Waals surface area contributed by atoms with Crippen molar-refractivity contribution in [3.8, 4) is 0 Å². The number of rotatable bonds is 8. The minimum absolute atomic E-state index is 0.0485. The molecule has 0 spiro atoms. The van der Waals surface area contributed by atoms with E-state index in [0.717, 1.165) is 12.8 Å². The topological polar surface area (TPSA) is 66.8 Å². The molecule has 0 unspecified atom stereocenters. The Kier molecular flexibility index (Phi) is 7.40. The Balaban J connectivity index is 2.45. The van der Waals surface area contributed by atoms with Gasteiger partial charge in [0, 0.05) is 6.92 Å². The standard InChI is InChI=1S/C17H26O4/c1-12(2)17(21-13(3)18)16(20)15(19)11-7-10-14-8-5-4-6-9-14/h4-6,8-9,12,15-17,19-20H,7,10-11H2,1-3H3/t15-,16-,17-/m0/s1. The van der Waals surface area contributed by atoms with E-state index in [1.165, 1.54) is 12.5 Å². The third-order valence-electron chi connectivity index (χ3n) is 3.50. The van der Waals surface area contributed by atoms with Crippen LogP contribution in [0.15, 0.2) is 30.3 Å². The monoisotopic (exact) mass is 294 g/mol. The van der Waals surface area contributed by atoms with Crippen molar-refractivity contribution in [3.05, 3.63) is 35.9 Å². The minimum atomic E-state index is -1.05. The molecule has 3 atom stereocenters. The molecule has 1 aromatic carbocycles. The van der Waals surface area contributed by atoms with E-state index in [9.17, 15) is 15.0 Å². The van der Waals surface area contributed by atoms with Crippen molar-refractivity contribution >= 4 is 5.97 Å². The van der Waals surface area contributed by atoms with E-state index < -0.39 is 24.3 Å². The van der Waals surface area contributed by atoms with Gasteiger partial charge in [-0.3, -0.25) is 4.79 Å². The van der Waals surface area contributed by atoms with E-state index in [4.69, 9.17) is 4.74 Å². The second-order valence-electron chi connectivity index (χ2n) is 5.75. The molecule has 0 aliphatic carbocycles. The maximum atomic E-state index is 11.1. The van der Waals surface area contributed by atoms with Gasteiger partial charge in [0.2, 0.25) is 0 Å². The average molecular weight is 294 g/mol. The predicted molar refractivity (Wildman–Crippen MR) is 81.8 cm³/mol. The molecule has 2 N–H and O–H groups in total. The van der Waals surface area contributed by atoms with Crippen molar-refractivity contribution in [2.24, 2.45) is 5.92 Å². The van der Waals surface area contributed by atoms with E-state index in [-0.39, 0.29) is 5.92 Å². The van der Waals surface area contributed by atoms with Crippen LogP contribution in [0.4, 0.5) is 0 Å². The number of aryl methyl sites for hydroxylation is 1. The molecule has 0 heterocycles. The van der Waals surface area contributed by atoms with Crippen molar-refractivity contribution in [1.82, 2.24) is 0 Å². The minimum Gasteiger partial charge on any atom is -0.459 e.